The summed E-state index contributed by atoms with van der Waals surface area (Å²) >= 11 is 1.64. The average molecular weight is 321 g/mol. The van der Waals surface area contributed by atoms with Crippen molar-refractivity contribution in [3.63, 3.8) is 0 Å². The largest absolute Gasteiger partial charge is 0.396 e. The zero-order valence-corrected chi connectivity index (χ0v) is 13.9. The van der Waals surface area contributed by atoms with Crippen molar-refractivity contribution in [3.8, 4) is 10.6 Å². The lowest BCUT2D eigenvalue weighted by Crippen LogP contribution is -2.29. The van der Waals surface area contributed by atoms with E-state index in [2.05, 4.69) is 17.3 Å². The zero-order chi connectivity index (χ0) is 15.9. The summed E-state index contributed by atoms with van der Waals surface area (Å²) in [5.74, 6) is -0.142. The van der Waals surface area contributed by atoms with E-state index >= 15 is 0 Å². The summed E-state index contributed by atoms with van der Waals surface area (Å²) in [5, 5.41) is 18.3. The molecule has 0 aromatic carbocycles. The fourth-order valence-electron chi connectivity index (χ4n) is 2.05. The Morgan fingerprint density at radius 2 is 2.36 bits per heavy atom. The summed E-state index contributed by atoms with van der Waals surface area (Å²) in [5.41, 5.74) is 1.42. The number of rotatable bonds is 8. The molecule has 1 atom stereocenters. The van der Waals surface area contributed by atoms with Crippen molar-refractivity contribution in [2.75, 3.05) is 13.2 Å². The molecule has 5 nitrogen and oxygen atoms in total. The van der Waals surface area contributed by atoms with E-state index in [1.807, 2.05) is 35.2 Å². The highest BCUT2D eigenvalue weighted by Gasteiger charge is 2.16. The number of thiophene rings is 1. The number of nitrogens with zero attached hydrogens (tertiary/aromatic N) is 2. The van der Waals surface area contributed by atoms with Gasteiger partial charge in [0.05, 0.1) is 10.6 Å². The molecule has 0 spiro atoms. The Morgan fingerprint density at radius 1 is 1.55 bits per heavy atom. The molecule has 2 aromatic rings. The van der Waals surface area contributed by atoms with Crippen molar-refractivity contribution in [1.82, 2.24) is 15.1 Å². The van der Waals surface area contributed by atoms with Crippen LogP contribution in [0.25, 0.3) is 10.6 Å². The number of amides is 1. The van der Waals surface area contributed by atoms with Crippen LogP contribution in [0.3, 0.4) is 0 Å². The molecule has 0 saturated carbocycles. The standard InChI is InChI=1S/C16H23N3O2S/c1-3-4-7-19-14(15-6-5-8-22-15)9-13(18-19)16(21)17-10-12(2)11-20/h5-6,8-9,12,20H,3-4,7,10-11H2,1-2H3,(H,17,21). The van der Waals surface area contributed by atoms with Crippen LogP contribution < -0.4 is 5.32 Å². The normalized spacial score (nSPS) is 12.3. The molecule has 6 heteroatoms. The Hall–Kier alpha value is -1.66. The van der Waals surface area contributed by atoms with Gasteiger partial charge in [0, 0.05) is 19.7 Å². The van der Waals surface area contributed by atoms with Gasteiger partial charge in [0.15, 0.2) is 5.69 Å². The molecule has 2 N–H and O–H groups in total. The molecule has 2 heterocycles. The smallest absolute Gasteiger partial charge is 0.271 e. The number of carbonyl (C=O) groups is 1. The summed E-state index contributed by atoms with van der Waals surface area (Å²) in [6.45, 7) is 5.34. The van der Waals surface area contributed by atoms with E-state index in [9.17, 15) is 4.79 Å². The Bertz CT molecular complexity index is 593. The first-order chi connectivity index (χ1) is 10.7. The molecule has 1 unspecified atom stereocenters. The maximum absolute atomic E-state index is 12.2. The SMILES string of the molecule is CCCCn1nc(C(=O)NCC(C)CO)cc1-c1cccs1. The van der Waals surface area contributed by atoms with Gasteiger partial charge in [-0.25, -0.2) is 0 Å². The Morgan fingerprint density at radius 3 is 3.00 bits per heavy atom. The highest BCUT2D eigenvalue weighted by molar-refractivity contribution is 7.13. The number of aliphatic hydroxyl groups excluding tert-OH is 1. The third-order valence-electron chi connectivity index (χ3n) is 3.43. The number of hydrogen-bond donors (Lipinski definition) is 2. The minimum Gasteiger partial charge on any atom is -0.396 e. The third kappa shape index (κ3) is 4.18. The summed E-state index contributed by atoms with van der Waals surface area (Å²) < 4.78 is 1.92. The molecule has 0 fully saturated rings. The molecule has 0 saturated heterocycles. The molecule has 0 aliphatic heterocycles. The highest BCUT2D eigenvalue weighted by Crippen LogP contribution is 2.26. The molecule has 1 amide bonds. The predicted molar refractivity (Wildman–Crippen MR) is 89.0 cm³/mol. The van der Waals surface area contributed by atoms with Crippen molar-refractivity contribution in [3.05, 3.63) is 29.3 Å². The maximum Gasteiger partial charge on any atom is 0.271 e. The van der Waals surface area contributed by atoms with Gasteiger partial charge >= 0.3 is 0 Å². The fraction of sp³-hybridized carbons (Fsp3) is 0.500. The minimum absolute atomic E-state index is 0.0443. The van der Waals surface area contributed by atoms with Crippen LogP contribution in [-0.4, -0.2) is 33.9 Å². The van der Waals surface area contributed by atoms with Crippen LogP contribution in [0.5, 0.6) is 0 Å². The van der Waals surface area contributed by atoms with Crippen LogP contribution in [0.1, 0.15) is 37.2 Å². The highest BCUT2D eigenvalue weighted by atomic mass is 32.1. The first-order valence-corrected chi connectivity index (χ1v) is 8.54. The molecular weight excluding hydrogens is 298 g/mol. The lowest BCUT2D eigenvalue weighted by atomic mass is 10.2. The molecule has 0 aliphatic carbocycles. The summed E-state index contributed by atoms with van der Waals surface area (Å²) in [6.07, 6.45) is 2.11. The molecule has 0 bridgehead atoms. The number of nitrogens with one attached hydrogen (secondary N) is 1. The fourth-order valence-corrected chi connectivity index (χ4v) is 2.80. The van der Waals surface area contributed by atoms with Crippen molar-refractivity contribution in [2.45, 2.75) is 33.2 Å². The number of carbonyl (C=O) groups excluding carboxylic acids is 1. The van der Waals surface area contributed by atoms with E-state index < -0.39 is 0 Å². The first-order valence-electron chi connectivity index (χ1n) is 7.66. The van der Waals surface area contributed by atoms with Gasteiger partial charge in [-0.2, -0.15) is 5.10 Å². The van der Waals surface area contributed by atoms with Crippen molar-refractivity contribution < 1.29 is 9.90 Å². The van der Waals surface area contributed by atoms with E-state index in [1.54, 1.807) is 11.3 Å². The topological polar surface area (TPSA) is 67.2 Å². The van der Waals surface area contributed by atoms with Crippen molar-refractivity contribution in [2.24, 2.45) is 5.92 Å². The van der Waals surface area contributed by atoms with Gasteiger partial charge < -0.3 is 10.4 Å². The quantitative estimate of drug-likeness (QED) is 0.785. The molecule has 2 aromatic heterocycles. The van der Waals surface area contributed by atoms with Gasteiger partial charge in [0.1, 0.15) is 0 Å². The summed E-state index contributed by atoms with van der Waals surface area (Å²) in [6, 6.07) is 5.89. The van der Waals surface area contributed by atoms with Crippen LogP contribution in [0.15, 0.2) is 23.6 Å². The molecule has 120 valence electrons. The third-order valence-corrected chi connectivity index (χ3v) is 4.32. The molecule has 22 heavy (non-hydrogen) atoms. The zero-order valence-electron chi connectivity index (χ0n) is 13.1. The minimum atomic E-state index is -0.187. The number of aryl methyl sites for hydroxylation is 1. The van der Waals surface area contributed by atoms with Crippen molar-refractivity contribution >= 4 is 17.2 Å². The second-order valence-electron chi connectivity index (χ2n) is 5.47. The maximum atomic E-state index is 12.2. The molecular formula is C16H23N3O2S. The van der Waals surface area contributed by atoms with Gasteiger partial charge in [-0.3, -0.25) is 9.48 Å². The van der Waals surface area contributed by atoms with Gasteiger partial charge in [0.2, 0.25) is 0 Å². The van der Waals surface area contributed by atoms with Gasteiger partial charge in [-0.05, 0) is 29.9 Å². The van der Waals surface area contributed by atoms with Crippen LogP contribution in [0.4, 0.5) is 0 Å². The number of aliphatic hydroxyl groups is 1. The monoisotopic (exact) mass is 321 g/mol. The van der Waals surface area contributed by atoms with Gasteiger partial charge in [-0.1, -0.05) is 26.3 Å². The summed E-state index contributed by atoms with van der Waals surface area (Å²) in [4.78, 5) is 13.3. The number of hydrogen-bond acceptors (Lipinski definition) is 4. The van der Waals surface area contributed by atoms with Crippen LogP contribution >= 0.6 is 11.3 Å². The summed E-state index contributed by atoms with van der Waals surface area (Å²) in [7, 11) is 0. The Kier molecular flexibility index (Phi) is 6.15. The average Bonchev–Trinajstić information content (AvgIpc) is 3.18. The number of unbranched alkanes of at least 4 members (excludes halogenated alkanes) is 1. The van der Waals surface area contributed by atoms with E-state index in [1.165, 1.54) is 0 Å². The van der Waals surface area contributed by atoms with E-state index in [-0.39, 0.29) is 18.4 Å². The van der Waals surface area contributed by atoms with Gasteiger partial charge in [-0.15, -0.1) is 11.3 Å². The number of aromatic nitrogens is 2. The van der Waals surface area contributed by atoms with E-state index in [4.69, 9.17) is 5.11 Å². The first kappa shape index (κ1) is 16.7. The molecule has 2 rings (SSSR count). The Balaban J connectivity index is 2.16. The molecule has 0 aliphatic rings. The van der Waals surface area contributed by atoms with Crippen LogP contribution in [0.2, 0.25) is 0 Å². The lowest BCUT2D eigenvalue weighted by molar-refractivity contribution is 0.0936. The van der Waals surface area contributed by atoms with Gasteiger partial charge in [0.25, 0.3) is 5.91 Å². The van der Waals surface area contributed by atoms with Crippen LogP contribution in [-0.2, 0) is 6.54 Å². The second kappa shape index (κ2) is 8.10. The second-order valence-corrected chi connectivity index (χ2v) is 6.41. The Labute approximate surface area is 135 Å². The predicted octanol–water partition coefficient (Wildman–Crippen LogP) is 2.77. The van der Waals surface area contributed by atoms with E-state index in [0.717, 1.165) is 30.0 Å². The van der Waals surface area contributed by atoms with Crippen LogP contribution in [0, 0.1) is 5.92 Å². The van der Waals surface area contributed by atoms with E-state index in [0.29, 0.717) is 12.2 Å². The lowest BCUT2D eigenvalue weighted by Gasteiger charge is -2.08. The molecule has 0 radical (unpaired) electrons. The van der Waals surface area contributed by atoms with Crippen molar-refractivity contribution in [1.29, 1.82) is 0 Å².